The van der Waals surface area contributed by atoms with Gasteiger partial charge < -0.3 is 27.0 Å². The maximum absolute atomic E-state index is 13.7. The summed E-state index contributed by atoms with van der Waals surface area (Å²) in [6.07, 6.45) is 3.18. The lowest BCUT2D eigenvalue weighted by atomic mass is 10.0. The molecule has 0 bridgehead atoms. The van der Waals surface area contributed by atoms with Crippen molar-refractivity contribution in [3.05, 3.63) is 87.9 Å². The fourth-order valence-corrected chi connectivity index (χ4v) is 6.22. The third-order valence-corrected chi connectivity index (χ3v) is 8.69. The summed E-state index contributed by atoms with van der Waals surface area (Å²) in [5.74, 6) is -1.17. The van der Waals surface area contributed by atoms with Crippen LogP contribution in [0.2, 0.25) is 0 Å². The summed E-state index contributed by atoms with van der Waals surface area (Å²) < 4.78 is 0. The summed E-state index contributed by atoms with van der Waals surface area (Å²) in [6, 6.07) is 17.3. The number of carbonyl (C=O) groups excluding carboxylic acids is 4. The first kappa shape index (κ1) is 33.5. The van der Waals surface area contributed by atoms with Crippen LogP contribution >= 0.6 is 11.3 Å². The Balaban J connectivity index is 1.44. The number of nitrogens with two attached hydrogens (primary N) is 2. The van der Waals surface area contributed by atoms with E-state index in [9.17, 15) is 19.2 Å². The second-order valence-electron chi connectivity index (χ2n) is 11.0. The van der Waals surface area contributed by atoms with Crippen molar-refractivity contribution in [1.29, 1.82) is 0 Å². The zero-order valence-corrected chi connectivity index (χ0v) is 26.3. The van der Waals surface area contributed by atoms with E-state index in [1.165, 1.54) is 0 Å². The number of carbonyl (C=O) groups is 4. The van der Waals surface area contributed by atoms with Gasteiger partial charge >= 0.3 is 0 Å². The molecule has 2 aromatic carbocycles. The number of nitrogens with zero attached hydrogens (tertiary/aromatic N) is 3. The number of amides is 2. The summed E-state index contributed by atoms with van der Waals surface area (Å²) in [5, 5.41) is 7.71. The van der Waals surface area contributed by atoms with Crippen molar-refractivity contribution in [3.63, 3.8) is 0 Å². The van der Waals surface area contributed by atoms with Crippen LogP contribution in [0.5, 0.6) is 0 Å². The molecule has 238 valence electrons. The van der Waals surface area contributed by atoms with Crippen molar-refractivity contribution >= 4 is 40.7 Å². The summed E-state index contributed by atoms with van der Waals surface area (Å²) in [6.45, 7) is 0.731. The molecule has 0 aliphatic carbocycles. The second-order valence-corrected chi connectivity index (χ2v) is 11.9. The monoisotopic (exact) mass is 631 g/mol. The second kappa shape index (κ2) is 16.6. The molecule has 2 amide bonds. The van der Waals surface area contributed by atoms with E-state index >= 15 is 0 Å². The number of likely N-dealkylation sites (N-methyl/N-ethyl adjacent to an activating group) is 1. The number of guanidine groups is 1. The fraction of sp³-hybridized carbons (Fsp3) is 0.394. The molecule has 3 unspecified atom stereocenters. The number of hydrogen-bond donors (Lipinski definition) is 4. The van der Waals surface area contributed by atoms with E-state index < -0.39 is 29.8 Å². The molecule has 0 spiro atoms. The summed E-state index contributed by atoms with van der Waals surface area (Å²) in [5.41, 5.74) is 13.2. The number of likely N-dealkylation sites (tertiary alicyclic amines) is 1. The summed E-state index contributed by atoms with van der Waals surface area (Å²) >= 11 is 1.08. The van der Waals surface area contributed by atoms with Crippen LogP contribution in [0.3, 0.4) is 0 Å². The molecule has 1 saturated heterocycles. The lowest BCUT2D eigenvalue weighted by molar-refractivity contribution is -0.140. The number of thiazole rings is 1. The largest absolute Gasteiger partial charge is 0.370 e. The predicted molar refractivity (Wildman–Crippen MR) is 175 cm³/mol. The van der Waals surface area contributed by atoms with Crippen molar-refractivity contribution in [2.75, 3.05) is 20.1 Å². The third-order valence-electron chi connectivity index (χ3n) is 7.83. The molecule has 0 saturated carbocycles. The van der Waals surface area contributed by atoms with Gasteiger partial charge in [0.05, 0.1) is 12.1 Å². The van der Waals surface area contributed by atoms with E-state index in [1.807, 2.05) is 60.7 Å². The van der Waals surface area contributed by atoms with Crippen LogP contribution in [0.4, 0.5) is 0 Å². The van der Waals surface area contributed by atoms with Crippen LogP contribution < -0.4 is 22.1 Å². The number of ketones is 2. The van der Waals surface area contributed by atoms with Gasteiger partial charge in [-0.15, -0.1) is 11.3 Å². The number of benzene rings is 2. The van der Waals surface area contributed by atoms with E-state index in [2.05, 4.69) is 20.6 Å². The zero-order valence-electron chi connectivity index (χ0n) is 25.5. The predicted octanol–water partition coefficient (Wildman–Crippen LogP) is 2.50. The van der Waals surface area contributed by atoms with Gasteiger partial charge in [-0.25, -0.2) is 4.98 Å². The fourth-order valence-electron chi connectivity index (χ4n) is 5.40. The Morgan fingerprint density at radius 2 is 1.71 bits per heavy atom. The van der Waals surface area contributed by atoms with Gasteiger partial charge in [-0.05, 0) is 56.7 Å². The Labute approximate surface area is 267 Å². The standard InChI is InChI=1S/C33H41N7O4S/c1-36-25(20-23-12-6-3-7-13-23)32(44)40-19-9-15-27(40)30(43)38-24(14-8-18-37-33(34)35)29(42)31-39-26(21-45-31)28(41)17-16-22-10-4-2-5-11-22/h2-7,10-13,21,24-25,27,36H,8-9,14-20H2,1H3,(H,38,43)(H4,34,35,37). The highest BCUT2D eigenvalue weighted by Crippen LogP contribution is 2.22. The molecule has 1 aliphatic rings. The molecular weight excluding hydrogens is 590 g/mol. The van der Waals surface area contributed by atoms with E-state index in [4.69, 9.17) is 11.5 Å². The van der Waals surface area contributed by atoms with Gasteiger partial charge in [-0.1, -0.05) is 60.7 Å². The summed E-state index contributed by atoms with van der Waals surface area (Å²) in [7, 11) is 1.73. The van der Waals surface area contributed by atoms with Crippen LogP contribution in [-0.2, 0) is 22.4 Å². The van der Waals surface area contributed by atoms with Crippen molar-refractivity contribution in [2.24, 2.45) is 16.5 Å². The average Bonchev–Trinajstić information content (AvgIpc) is 3.75. The Morgan fingerprint density at radius 1 is 1.02 bits per heavy atom. The van der Waals surface area contributed by atoms with Gasteiger partial charge in [0.25, 0.3) is 0 Å². The van der Waals surface area contributed by atoms with Gasteiger partial charge in [-0.3, -0.25) is 24.2 Å². The van der Waals surface area contributed by atoms with Gasteiger partial charge in [0.15, 0.2) is 16.8 Å². The van der Waals surface area contributed by atoms with Crippen molar-refractivity contribution in [1.82, 2.24) is 20.5 Å². The Morgan fingerprint density at radius 3 is 2.38 bits per heavy atom. The molecule has 1 fully saturated rings. The number of aromatic nitrogens is 1. The molecule has 1 aliphatic heterocycles. The first-order chi connectivity index (χ1) is 21.8. The average molecular weight is 632 g/mol. The number of rotatable bonds is 16. The molecule has 2 heterocycles. The maximum Gasteiger partial charge on any atom is 0.243 e. The van der Waals surface area contributed by atoms with Crippen LogP contribution in [0.1, 0.15) is 63.5 Å². The third kappa shape index (κ3) is 9.53. The topological polar surface area (TPSA) is 173 Å². The minimum absolute atomic E-state index is 0.0600. The van der Waals surface area contributed by atoms with Gasteiger partial charge in [-0.2, -0.15) is 0 Å². The lowest BCUT2D eigenvalue weighted by Crippen LogP contribution is -2.54. The van der Waals surface area contributed by atoms with E-state index in [0.29, 0.717) is 38.6 Å². The zero-order chi connectivity index (χ0) is 32.2. The summed E-state index contributed by atoms with van der Waals surface area (Å²) in [4.78, 5) is 63.6. The van der Waals surface area contributed by atoms with E-state index in [1.54, 1.807) is 17.3 Å². The Hall–Kier alpha value is -4.42. The van der Waals surface area contributed by atoms with Crippen LogP contribution in [0.25, 0.3) is 0 Å². The maximum atomic E-state index is 13.7. The minimum atomic E-state index is -0.924. The van der Waals surface area contributed by atoms with Crippen LogP contribution in [0, 0.1) is 0 Å². The van der Waals surface area contributed by atoms with E-state index in [-0.39, 0.29) is 47.7 Å². The highest BCUT2D eigenvalue weighted by Gasteiger charge is 2.38. The van der Waals surface area contributed by atoms with Crippen LogP contribution in [0.15, 0.2) is 71.0 Å². The number of Topliss-reactive ketones (excluding diaryl/α,β-unsaturated/α-hetero) is 2. The molecule has 45 heavy (non-hydrogen) atoms. The Bertz CT molecular complexity index is 1470. The SMILES string of the molecule is CNC(Cc1ccccc1)C(=O)N1CCCC1C(=O)NC(CCCN=C(N)N)C(=O)c1nc(C(=O)CCc2ccccc2)cs1. The highest BCUT2D eigenvalue weighted by atomic mass is 32.1. The quantitative estimate of drug-likeness (QED) is 0.0808. The van der Waals surface area contributed by atoms with E-state index in [0.717, 1.165) is 22.5 Å². The lowest BCUT2D eigenvalue weighted by Gasteiger charge is -2.29. The molecule has 6 N–H and O–H groups in total. The molecule has 11 nitrogen and oxygen atoms in total. The van der Waals surface area contributed by atoms with Crippen molar-refractivity contribution < 1.29 is 19.2 Å². The molecule has 0 radical (unpaired) electrons. The van der Waals surface area contributed by atoms with Crippen molar-refractivity contribution in [3.8, 4) is 0 Å². The molecular formula is C33H41N7O4S. The van der Waals surface area contributed by atoms with Crippen LogP contribution in [-0.4, -0.2) is 77.5 Å². The smallest absolute Gasteiger partial charge is 0.243 e. The Kier molecular flexibility index (Phi) is 12.3. The number of nitrogens with one attached hydrogen (secondary N) is 2. The minimum Gasteiger partial charge on any atom is -0.370 e. The highest BCUT2D eigenvalue weighted by molar-refractivity contribution is 7.12. The molecule has 3 atom stereocenters. The molecule has 1 aromatic heterocycles. The number of hydrogen-bond acceptors (Lipinski definition) is 8. The molecule has 3 aromatic rings. The van der Waals surface area contributed by atoms with Crippen molar-refractivity contribution in [2.45, 2.75) is 63.1 Å². The first-order valence-corrected chi connectivity index (χ1v) is 16.1. The number of aryl methyl sites for hydroxylation is 1. The molecule has 4 rings (SSSR count). The molecule has 12 heteroatoms. The van der Waals surface area contributed by atoms with Gasteiger partial charge in [0.2, 0.25) is 17.6 Å². The normalized spacial score (nSPS) is 15.7. The van der Waals surface area contributed by atoms with Gasteiger partial charge in [0.1, 0.15) is 11.7 Å². The first-order valence-electron chi connectivity index (χ1n) is 15.2. The number of aliphatic imine (C=N–C) groups is 1. The van der Waals surface area contributed by atoms with Gasteiger partial charge in [0, 0.05) is 24.9 Å².